The van der Waals surface area contributed by atoms with Crippen LogP contribution >= 0.6 is 0 Å². The molecule has 1 saturated carbocycles. The van der Waals surface area contributed by atoms with Crippen LogP contribution in [0, 0.1) is 5.92 Å². The molecule has 0 spiro atoms. The van der Waals surface area contributed by atoms with Gasteiger partial charge in [-0.25, -0.2) is 0 Å². The molecule has 1 atom stereocenters. The standard InChI is InChI=1S/C14H19N3O2/c1-9(15)8-13(18)16-11-4-6-12(7-5-11)17-14(19)10-2-3-10/h4-7,9-10H,2-3,8,15H2,1H3,(H,16,18)(H,17,19). The number of amides is 2. The third-order valence-electron chi connectivity index (χ3n) is 2.89. The minimum atomic E-state index is -0.155. The summed E-state index contributed by atoms with van der Waals surface area (Å²) in [6, 6.07) is 6.93. The first-order valence-corrected chi connectivity index (χ1v) is 6.51. The monoisotopic (exact) mass is 261 g/mol. The van der Waals surface area contributed by atoms with Gasteiger partial charge in [-0.3, -0.25) is 9.59 Å². The summed E-state index contributed by atoms with van der Waals surface area (Å²) in [7, 11) is 0. The molecule has 19 heavy (non-hydrogen) atoms. The molecule has 1 fully saturated rings. The molecule has 1 aromatic rings. The highest BCUT2D eigenvalue weighted by molar-refractivity contribution is 5.95. The van der Waals surface area contributed by atoms with Crippen LogP contribution in [0.25, 0.3) is 0 Å². The predicted molar refractivity (Wildman–Crippen MR) is 74.7 cm³/mol. The minimum absolute atomic E-state index is 0.0775. The van der Waals surface area contributed by atoms with Crippen LogP contribution in [0.15, 0.2) is 24.3 Å². The summed E-state index contributed by atoms with van der Waals surface area (Å²) in [6.45, 7) is 1.79. The van der Waals surface area contributed by atoms with Crippen LogP contribution in [0.4, 0.5) is 11.4 Å². The van der Waals surface area contributed by atoms with Crippen molar-refractivity contribution in [2.24, 2.45) is 11.7 Å². The van der Waals surface area contributed by atoms with Crippen LogP contribution in [0.2, 0.25) is 0 Å². The number of carbonyl (C=O) groups is 2. The second-order valence-electron chi connectivity index (χ2n) is 5.07. The van der Waals surface area contributed by atoms with Crippen molar-refractivity contribution in [2.75, 3.05) is 10.6 Å². The van der Waals surface area contributed by atoms with Gasteiger partial charge in [-0.1, -0.05) is 0 Å². The topological polar surface area (TPSA) is 84.2 Å². The van der Waals surface area contributed by atoms with Crippen LogP contribution in [0.1, 0.15) is 26.2 Å². The summed E-state index contributed by atoms with van der Waals surface area (Å²) in [5.74, 6) is 0.156. The van der Waals surface area contributed by atoms with E-state index in [1.165, 1.54) is 0 Å². The van der Waals surface area contributed by atoms with Gasteiger partial charge in [0.2, 0.25) is 11.8 Å². The maximum absolute atomic E-state index is 11.6. The van der Waals surface area contributed by atoms with Crippen molar-refractivity contribution < 1.29 is 9.59 Å². The zero-order chi connectivity index (χ0) is 13.8. The van der Waals surface area contributed by atoms with Crippen molar-refractivity contribution in [3.05, 3.63) is 24.3 Å². The molecule has 0 radical (unpaired) electrons. The van der Waals surface area contributed by atoms with Crippen LogP contribution in [0.3, 0.4) is 0 Å². The molecule has 1 aromatic carbocycles. The number of hydrogen-bond acceptors (Lipinski definition) is 3. The molecule has 102 valence electrons. The number of rotatable bonds is 5. The normalized spacial score (nSPS) is 15.7. The highest BCUT2D eigenvalue weighted by atomic mass is 16.2. The van der Waals surface area contributed by atoms with Gasteiger partial charge in [0.15, 0.2) is 0 Å². The van der Waals surface area contributed by atoms with Crippen molar-refractivity contribution in [1.82, 2.24) is 0 Å². The Morgan fingerprint density at radius 3 is 2.21 bits per heavy atom. The van der Waals surface area contributed by atoms with E-state index >= 15 is 0 Å². The van der Waals surface area contributed by atoms with Gasteiger partial charge in [0.1, 0.15) is 0 Å². The summed E-state index contributed by atoms with van der Waals surface area (Å²) in [5, 5.41) is 5.60. The van der Waals surface area contributed by atoms with Gasteiger partial charge in [-0.15, -0.1) is 0 Å². The van der Waals surface area contributed by atoms with Crippen molar-refractivity contribution in [2.45, 2.75) is 32.2 Å². The van der Waals surface area contributed by atoms with Gasteiger partial charge in [-0.2, -0.15) is 0 Å². The van der Waals surface area contributed by atoms with Crippen LogP contribution in [-0.4, -0.2) is 17.9 Å². The smallest absolute Gasteiger partial charge is 0.227 e. The molecule has 5 heteroatoms. The predicted octanol–water partition coefficient (Wildman–Crippen LogP) is 1.71. The summed E-state index contributed by atoms with van der Waals surface area (Å²) in [5.41, 5.74) is 7.01. The number of anilines is 2. The fourth-order valence-corrected chi connectivity index (χ4v) is 1.73. The highest BCUT2D eigenvalue weighted by Gasteiger charge is 2.29. The lowest BCUT2D eigenvalue weighted by Gasteiger charge is -2.08. The zero-order valence-electron chi connectivity index (χ0n) is 11.0. The second kappa shape index (κ2) is 5.84. The van der Waals surface area contributed by atoms with E-state index in [2.05, 4.69) is 10.6 Å². The molecule has 1 aliphatic carbocycles. The van der Waals surface area contributed by atoms with E-state index < -0.39 is 0 Å². The summed E-state index contributed by atoms with van der Waals surface area (Å²) >= 11 is 0. The van der Waals surface area contributed by atoms with Crippen molar-refractivity contribution >= 4 is 23.2 Å². The molecule has 0 bridgehead atoms. The number of nitrogens with two attached hydrogens (primary N) is 1. The molecule has 2 amide bonds. The van der Waals surface area contributed by atoms with Gasteiger partial charge < -0.3 is 16.4 Å². The van der Waals surface area contributed by atoms with Crippen molar-refractivity contribution in [3.8, 4) is 0 Å². The van der Waals surface area contributed by atoms with Gasteiger partial charge in [-0.05, 0) is 44.0 Å². The van der Waals surface area contributed by atoms with E-state index in [0.29, 0.717) is 12.1 Å². The van der Waals surface area contributed by atoms with Gasteiger partial charge in [0.05, 0.1) is 0 Å². The first kappa shape index (κ1) is 13.5. The highest BCUT2D eigenvalue weighted by Crippen LogP contribution is 2.30. The second-order valence-corrected chi connectivity index (χ2v) is 5.07. The maximum Gasteiger partial charge on any atom is 0.227 e. The first-order valence-electron chi connectivity index (χ1n) is 6.51. The average molecular weight is 261 g/mol. The number of nitrogens with one attached hydrogen (secondary N) is 2. The van der Waals surface area contributed by atoms with E-state index in [1.54, 1.807) is 31.2 Å². The SMILES string of the molecule is CC(N)CC(=O)Nc1ccc(NC(=O)C2CC2)cc1. The molecule has 1 aliphatic rings. The Bertz CT molecular complexity index is 464. The molecule has 0 heterocycles. The molecule has 0 saturated heterocycles. The Morgan fingerprint density at radius 2 is 1.74 bits per heavy atom. The zero-order valence-corrected chi connectivity index (χ0v) is 11.0. The summed E-state index contributed by atoms with van der Waals surface area (Å²) in [4.78, 5) is 23.1. The van der Waals surface area contributed by atoms with Gasteiger partial charge >= 0.3 is 0 Å². The summed E-state index contributed by atoms with van der Waals surface area (Å²) in [6.07, 6.45) is 2.26. The van der Waals surface area contributed by atoms with E-state index in [1.807, 2.05) is 0 Å². The van der Waals surface area contributed by atoms with Crippen LogP contribution < -0.4 is 16.4 Å². The summed E-state index contributed by atoms with van der Waals surface area (Å²) < 4.78 is 0. The van der Waals surface area contributed by atoms with Gasteiger partial charge in [0.25, 0.3) is 0 Å². The van der Waals surface area contributed by atoms with E-state index in [9.17, 15) is 9.59 Å². The quantitative estimate of drug-likeness (QED) is 0.754. The Morgan fingerprint density at radius 1 is 1.21 bits per heavy atom. The maximum atomic E-state index is 11.6. The van der Waals surface area contributed by atoms with E-state index in [4.69, 9.17) is 5.73 Å². The molecule has 5 nitrogen and oxygen atoms in total. The molecule has 4 N–H and O–H groups in total. The molecule has 0 aliphatic heterocycles. The lowest BCUT2D eigenvalue weighted by Crippen LogP contribution is -2.23. The molecule has 0 aromatic heterocycles. The molecule has 2 rings (SSSR count). The fraction of sp³-hybridized carbons (Fsp3) is 0.429. The number of hydrogen-bond donors (Lipinski definition) is 3. The largest absolute Gasteiger partial charge is 0.327 e. The lowest BCUT2D eigenvalue weighted by molar-refractivity contribution is -0.117. The lowest BCUT2D eigenvalue weighted by atomic mass is 10.2. The Hall–Kier alpha value is -1.88. The van der Waals surface area contributed by atoms with Crippen molar-refractivity contribution in [3.63, 3.8) is 0 Å². The molecular weight excluding hydrogens is 242 g/mol. The van der Waals surface area contributed by atoms with Crippen molar-refractivity contribution in [1.29, 1.82) is 0 Å². The van der Waals surface area contributed by atoms with Crippen LogP contribution in [0.5, 0.6) is 0 Å². The minimum Gasteiger partial charge on any atom is -0.327 e. The Balaban J connectivity index is 1.87. The van der Waals surface area contributed by atoms with Crippen LogP contribution in [-0.2, 0) is 9.59 Å². The average Bonchev–Trinajstić information content (AvgIpc) is 3.14. The molecule has 1 unspecified atom stereocenters. The van der Waals surface area contributed by atoms with E-state index in [0.717, 1.165) is 18.5 Å². The third kappa shape index (κ3) is 4.37. The first-order chi connectivity index (χ1) is 9.04. The van der Waals surface area contributed by atoms with E-state index in [-0.39, 0.29) is 23.8 Å². The number of carbonyl (C=O) groups excluding carboxylic acids is 2. The molecular formula is C14H19N3O2. The Kier molecular flexibility index (Phi) is 4.16. The fourth-order valence-electron chi connectivity index (χ4n) is 1.73. The van der Waals surface area contributed by atoms with Gasteiger partial charge in [0, 0.05) is 29.8 Å². The third-order valence-corrected chi connectivity index (χ3v) is 2.89. The number of benzene rings is 1. The Labute approximate surface area is 112 Å².